The second kappa shape index (κ2) is 7.52. The van der Waals surface area contributed by atoms with Crippen molar-refractivity contribution in [3.8, 4) is 0 Å². The minimum atomic E-state index is 0.197. The fourth-order valence-corrected chi connectivity index (χ4v) is 2.39. The summed E-state index contributed by atoms with van der Waals surface area (Å²) in [5, 5.41) is 3.52. The van der Waals surface area contributed by atoms with E-state index < -0.39 is 0 Å². The molecule has 18 heavy (non-hydrogen) atoms. The van der Waals surface area contributed by atoms with Crippen molar-refractivity contribution in [2.45, 2.75) is 31.9 Å². The molecule has 0 spiro atoms. The molecule has 1 aromatic carbocycles. The number of hydrogen-bond acceptors (Lipinski definition) is 3. The molecule has 1 N–H and O–H groups in total. The molecule has 100 valence electrons. The second-order valence-electron chi connectivity index (χ2n) is 4.67. The SMILES string of the molecule is CCNC(CCc1ccccc1)C1COCCO1. The van der Waals surface area contributed by atoms with E-state index in [4.69, 9.17) is 9.47 Å². The van der Waals surface area contributed by atoms with E-state index in [0.29, 0.717) is 12.6 Å². The third-order valence-electron chi connectivity index (χ3n) is 3.34. The number of nitrogens with one attached hydrogen (secondary N) is 1. The summed E-state index contributed by atoms with van der Waals surface area (Å²) in [5.74, 6) is 0. The van der Waals surface area contributed by atoms with Gasteiger partial charge in [-0.1, -0.05) is 37.3 Å². The van der Waals surface area contributed by atoms with Crippen LogP contribution in [0.15, 0.2) is 30.3 Å². The minimum absolute atomic E-state index is 0.197. The van der Waals surface area contributed by atoms with Gasteiger partial charge in [-0.3, -0.25) is 0 Å². The summed E-state index contributed by atoms with van der Waals surface area (Å²) in [5.41, 5.74) is 1.39. The van der Waals surface area contributed by atoms with E-state index in [0.717, 1.165) is 32.6 Å². The molecule has 1 aliphatic heterocycles. The third kappa shape index (κ3) is 4.09. The molecule has 0 aromatic heterocycles. The Labute approximate surface area is 109 Å². The molecule has 1 aromatic rings. The van der Waals surface area contributed by atoms with Crippen LogP contribution in [0.2, 0.25) is 0 Å². The number of benzene rings is 1. The maximum absolute atomic E-state index is 5.79. The second-order valence-corrected chi connectivity index (χ2v) is 4.67. The quantitative estimate of drug-likeness (QED) is 0.836. The topological polar surface area (TPSA) is 30.5 Å². The van der Waals surface area contributed by atoms with Gasteiger partial charge in [-0.25, -0.2) is 0 Å². The smallest absolute Gasteiger partial charge is 0.0962 e. The van der Waals surface area contributed by atoms with Crippen LogP contribution in [0.25, 0.3) is 0 Å². The lowest BCUT2D eigenvalue weighted by Crippen LogP contribution is -2.46. The van der Waals surface area contributed by atoms with E-state index >= 15 is 0 Å². The molecular weight excluding hydrogens is 226 g/mol. The lowest BCUT2D eigenvalue weighted by Gasteiger charge is -2.31. The number of ether oxygens (including phenoxy) is 2. The van der Waals surface area contributed by atoms with E-state index in [-0.39, 0.29) is 6.10 Å². The van der Waals surface area contributed by atoms with Gasteiger partial charge in [-0.2, -0.15) is 0 Å². The molecule has 1 heterocycles. The molecular formula is C15H23NO2. The number of hydrogen-bond donors (Lipinski definition) is 1. The van der Waals surface area contributed by atoms with Gasteiger partial charge in [0.05, 0.1) is 25.9 Å². The van der Waals surface area contributed by atoms with Crippen LogP contribution in [-0.4, -0.2) is 38.5 Å². The Hall–Kier alpha value is -0.900. The molecule has 2 rings (SSSR count). The predicted octanol–water partition coefficient (Wildman–Crippen LogP) is 2.01. The van der Waals surface area contributed by atoms with Crippen molar-refractivity contribution in [2.24, 2.45) is 0 Å². The molecule has 2 unspecified atom stereocenters. The van der Waals surface area contributed by atoms with E-state index in [2.05, 4.69) is 42.6 Å². The molecule has 0 amide bonds. The maximum Gasteiger partial charge on any atom is 0.0962 e. The first-order valence-corrected chi connectivity index (χ1v) is 6.87. The van der Waals surface area contributed by atoms with Gasteiger partial charge in [0.15, 0.2) is 0 Å². The van der Waals surface area contributed by atoms with Crippen molar-refractivity contribution in [3.63, 3.8) is 0 Å². The molecule has 3 heteroatoms. The zero-order valence-electron chi connectivity index (χ0n) is 11.1. The summed E-state index contributed by atoms with van der Waals surface area (Å²) in [4.78, 5) is 0. The highest BCUT2D eigenvalue weighted by atomic mass is 16.6. The van der Waals surface area contributed by atoms with E-state index in [1.807, 2.05) is 0 Å². The lowest BCUT2D eigenvalue weighted by molar-refractivity contribution is -0.102. The summed E-state index contributed by atoms with van der Waals surface area (Å²) in [6, 6.07) is 11.0. The molecule has 1 aliphatic rings. The molecule has 1 saturated heterocycles. The Morgan fingerprint density at radius 2 is 2.11 bits per heavy atom. The predicted molar refractivity (Wildman–Crippen MR) is 72.8 cm³/mol. The van der Waals surface area contributed by atoms with Crippen molar-refractivity contribution in [1.82, 2.24) is 5.32 Å². The Balaban J connectivity index is 1.85. The largest absolute Gasteiger partial charge is 0.376 e. The van der Waals surface area contributed by atoms with Gasteiger partial charge < -0.3 is 14.8 Å². The summed E-state index contributed by atoms with van der Waals surface area (Å²) in [7, 11) is 0. The molecule has 0 radical (unpaired) electrons. The zero-order valence-corrected chi connectivity index (χ0v) is 11.1. The van der Waals surface area contributed by atoms with Crippen LogP contribution >= 0.6 is 0 Å². The first-order valence-electron chi connectivity index (χ1n) is 6.87. The van der Waals surface area contributed by atoms with Crippen molar-refractivity contribution < 1.29 is 9.47 Å². The summed E-state index contributed by atoms with van der Waals surface area (Å²) < 4.78 is 11.3. The molecule has 0 aliphatic carbocycles. The molecule has 0 bridgehead atoms. The average molecular weight is 249 g/mol. The van der Waals surface area contributed by atoms with Crippen LogP contribution in [0.1, 0.15) is 18.9 Å². The highest BCUT2D eigenvalue weighted by molar-refractivity contribution is 5.14. The van der Waals surface area contributed by atoms with Crippen molar-refractivity contribution in [2.75, 3.05) is 26.4 Å². The zero-order chi connectivity index (χ0) is 12.6. The monoisotopic (exact) mass is 249 g/mol. The standard InChI is InChI=1S/C15H23NO2/c1-2-16-14(15-12-17-10-11-18-15)9-8-13-6-4-3-5-7-13/h3-7,14-16H,2,8-12H2,1H3. The van der Waals surface area contributed by atoms with Crippen LogP contribution in [0.4, 0.5) is 0 Å². The van der Waals surface area contributed by atoms with Gasteiger partial charge in [0.2, 0.25) is 0 Å². The number of rotatable bonds is 6. The highest BCUT2D eigenvalue weighted by Crippen LogP contribution is 2.12. The molecule has 3 nitrogen and oxygen atoms in total. The summed E-state index contributed by atoms with van der Waals surface area (Å²) in [6.07, 6.45) is 2.37. The number of likely N-dealkylation sites (N-methyl/N-ethyl adjacent to an activating group) is 1. The van der Waals surface area contributed by atoms with Gasteiger partial charge >= 0.3 is 0 Å². The summed E-state index contributed by atoms with van der Waals surface area (Å²) in [6.45, 7) is 5.27. The first-order chi connectivity index (χ1) is 8.90. The van der Waals surface area contributed by atoms with Crippen molar-refractivity contribution >= 4 is 0 Å². The average Bonchev–Trinajstić information content (AvgIpc) is 2.45. The van der Waals surface area contributed by atoms with Crippen molar-refractivity contribution in [1.29, 1.82) is 0 Å². The van der Waals surface area contributed by atoms with Crippen LogP contribution in [0, 0.1) is 0 Å². The van der Waals surface area contributed by atoms with Gasteiger partial charge in [0.25, 0.3) is 0 Å². The van der Waals surface area contributed by atoms with Crippen LogP contribution in [0.5, 0.6) is 0 Å². The fraction of sp³-hybridized carbons (Fsp3) is 0.600. The molecule has 1 fully saturated rings. The third-order valence-corrected chi connectivity index (χ3v) is 3.34. The Kier molecular flexibility index (Phi) is 5.65. The van der Waals surface area contributed by atoms with Gasteiger partial charge in [-0.05, 0) is 24.9 Å². The van der Waals surface area contributed by atoms with E-state index in [1.54, 1.807) is 0 Å². The Morgan fingerprint density at radius 3 is 2.78 bits per heavy atom. The van der Waals surface area contributed by atoms with Crippen LogP contribution < -0.4 is 5.32 Å². The molecule has 0 saturated carbocycles. The maximum atomic E-state index is 5.79. The Bertz CT molecular complexity index is 323. The van der Waals surface area contributed by atoms with E-state index in [1.165, 1.54) is 5.56 Å². The first kappa shape index (κ1) is 13.5. The van der Waals surface area contributed by atoms with Crippen LogP contribution in [-0.2, 0) is 15.9 Å². The van der Waals surface area contributed by atoms with Crippen LogP contribution in [0.3, 0.4) is 0 Å². The molecule has 2 atom stereocenters. The fourth-order valence-electron chi connectivity index (χ4n) is 2.39. The highest BCUT2D eigenvalue weighted by Gasteiger charge is 2.24. The van der Waals surface area contributed by atoms with E-state index in [9.17, 15) is 0 Å². The summed E-state index contributed by atoms with van der Waals surface area (Å²) >= 11 is 0. The lowest BCUT2D eigenvalue weighted by atomic mass is 10.0. The van der Waals surface area contributed by atoms with Gasteiger partial charge in [-0.15, -0.1) is 0 Å². The van der Waals surface area contributed by atoms with Gasteiger partial charge in [0, 0.05) is 6.04 Å². The minimum Gasteiger partial charge on any atom is -0.376 e. The van der Waals surface area contributed by atoms with Crippen molar-refractivity contribution in [3.05, 3.63) is 35.9 Å². The Morgan fingerprint density at radius 1 is 1.28 bits per heavy atom. The van der Waals surface area contributed by atoms with Gasteiger partial charge in [0.1, 0.15) is 0 Å². The number of aryl methyl sites for hydroxylation is 1. The normalized spacial score (nSPS) is 21.7.